The number of aliphatic hydroxyl groups is 1. The van der Waals surface area contributed by atoms with E-state index in [1.165, 1.54) is 0 Å². The van der Waals surface area contributed by atoms with Gasteiger partial charge in [-0.05, 0) is 43.2 Å². The fraction of sp³-hybridized carbons (Fsp3) is 0.368. The Bertz CT molecular complexity index is 743. The van der Waals surface area contributed by atoms with Crippen LogP contribution >= 0.6 is 0 Å². The van der Waals surface area contributed by atoms with E-state index >= 15 is 0 Å². The highest BCUT2D eigenvalue weighted by atomic mass is 16.5. The van der Waals surface area contributed by atoms with Crippen LogP contribution in [0.2, 0.25) is 0 Å². The van der Waals surface area contributed by atoms with Crippen LogP contribution in [0.4, 0.5) is 0 Å². The molecule has 0 aliphatic carbocycles. The van der Waals surface area contributed by atoms with Gasteiger partial charge in [0.25, 0.3) is 11.8 Å². The topological polar surface area (TPSA) is 87.7 Å². The highest BCUT2D eigenvalue weighted by Crippen LogP contribution is 2.26. The van der Waals surface area contributed by atoms with Crippen molar-refractivity contribution in [1.29, 1.82) is 0 Å². The highest BCUT2D eigenvalue weighted by molar-refractivity contribution is 6.01. The smallest absolute Gasteiger partial charge is 0.258 e. The van der Waals surface area contributed by atoms with E-state index < -0.39 is 0 Å². The molecule has 0 aliphatic rings. The van der Waals surface area contributed by atoms with Gasteiger partial charge in [-0.1, -0.05) is 24.3 Å². The third-order valence-corrected chi connectivity index (χ3v) is 3.52. The van der Waals surface area contributed by atoms with Crippen LogP contribution in [-0.2, 0) is 4.79 Å². The maximum absolute atomic E-state index is 12.4. The summed E-state index contributed by atoms with van der Waals surface area (Å²) >= 11 is 0. The number of hydrogen-bond acceptors (Lipinski definition) is 4. The zero-order valence-corrected chi connectivity index (χ0v) is 14.5. The van der Waals surface area contributed by atoms with Crippen molar-refractivity contribution >= 4 is 22.6 Å². The van der Waals surface area contributed by atoms with Crippen LogP contribution in [0.25, 0.3) is 10.8 Å². The second-order valence-corrected chi connectivity index (χ2v) is 6.04. The van der Waals surface area contributed by atoms with E-state index in [0.29, 0.717) is 24.3 Å². The number of nitrogens with one attached hydrogen (secondary N) is 2. The van der Waals surface area contributed by atoms with Gasteiger partial charge in [-0.15, -0.1) is 0 Å². The first-order chi connectivity index (χ1) is 12.0. The summed E-state index contributed by atoms with van der Waals surface area (Å²) in [7, 11) is 0. The molecule has 25 heavy (non-hydrogen) atoms. The molecule has 2 aromatic carbocycles. The number of hydrogen-bond donors (Lipinski definition) is 3. The van der Waals surface area contributed by atoms with Crippen molar-refractivity contribution in [3.63, 3.8) is 0 Å². The number of benzene rings is 2. The van der Waals surface area contributed by atoms with Crippen molar-refractivity contribution in [2.75, 3.05) is 19.8 Å². The molecule has 0 unspecified atom stereocenters. The van der Waals surface area contributed by atoms with Gasteiger partial charge >= 0.3 is 0 Å². The Morgan fingerprint density at radius 3 is 2.48 bits per heavy atom. The first kappa shape index (κ1) is 18.7. The number of rotatable bonds is 8. The molecule has 0 spiro atoms. The molecule has 134 valence electrons. The quantitative estimate of drug-likeness (QED) is 0.638. The lowest BCUT2D eigenvalue weighted by molar-refractivity contribution is -0.123. The SMILES string of the molecule is CC(C)NC(=O)COc1cc2ccccc2cc1C(=O)NCCCO. The average Bonchev–Trinajstić information content (AvgIpc) is 2.58. The first-order valence-corrected chi connectivity index (χ1v) is 8.35. The lowest BCUT2D eigenvalue weighted by Crippen LogP contribution is -2.34. The molecule has 2 rings (SSSR count). The van der Waals surface area contributed by atoms with E-state index in [0.717, 1.165) is 10.8 Å². The van der Waals surface area contributed by atoms with Crippen molar-refractivity contribution in [3.05, 3.63) is 42.0 Å². The molecule has 0 atom stereocenters. The minimum absolute atomic E-state index is 0.0106. The van der Waals surface area contributed by atoms with Crippen molar-refractivity contribution < 1.29 is 19.4 Å². The number of carbonyl (C=O) groups excluding carboxylic acids is 2. The Kier molecular flexibility index (Phi) is 6.77. The van der Waals surface area contributed by atoms with E-state index in [9.17, 15) is 9.59 Å². The van der Waals surface area contributed by atoms with Crippen molar-refractivity contribution in [2.45, 2.75) is 26.3 Å². The van der Waals surface area contributed by atoms with Crippen LogP contribution in [0.3, 0.4) is 0 Å². The predicted molar refractivity (Wildman–Crippen MR) is 96.8 cm³/mol. The second-order valence-electron chi connectivity index (χ2n) is 6.04. The Morgan fingerprint density at radius 2 is 1.84 bits per heavy atom. The maximum Gasteiger partial charge on any atom is 0.258 e. The van der Waals surface area contributed by atoms with Gasteiger partial charge in [0.1, 0.15) is 5.75 Å². The molecule has 0 saturated carbocycles. The lowest BCUT2D eigenvalue weighted by atomic mass is 10.1. The van der Waals surface area contributed by atoms with E-state index in [-0.39, 0.29) is 31.1 Å². The summed E-state index contributed by atoms with van der Waals surface area (Å²) in [6.07, 6.45) is 0.478. The fourth-order valence-electron chi connectivity index (χ4n) is 2.40. The van der Waals surface area contributed by atoms with E-state index in [4.69, 9.17) is 9.84 Å². The lowest BCUT2D eigenvalue weighted by Gasteiger charge is -2.14. The summed E-state index contributed by atoms with van der Waals surface area (Å²) in [6.45, 7) is 3.96. The zero-order chi connectivity index (χ0) is 18.2. The molecule has 0 fully saturated rings. The first-order valence-electron chi connectivity index (χ1n) is 8.35. The number of amides is 2. The Labute approximate surface area is 147 Å². The van der Waals surface area contributed by atoms with E-state index in [1.807, 2.05) is 38.1 Å². The summed E-state index contributed by atoms with van der Waals surface area (Å²) in [5.74, 6) is -0.174. The van der Waals surface area contributed by atoms with Gasteiger partial charge in [0.2, 0.25) is 0 Å². The normalized spacial score (nSPS) is 10.7. The third kappa shape index (κ3) is 5.46. The van der Waals surface area contributed by atoms with E-state index in [1.54, 1.807) is 12.1 Å². The van der Waals surface area contributed by atoms with Gasteiger partial charge in [0.15, 0.2) is 6.61 Å². The number of fused-ring (bicyclic) bond motifs is 1. The van der Waals surface area contributed by atoms with Gasteiger partial charge in [-0.2, -0.15) is 0 Å². The van der Waals surface area contributed by atoms with Gasteiger partial charge in [0, 0.05) is 19.2 Å². The monoisotopic (exact) mass is 344 g/mol. The fourth-order valence-corrected chi connectivity index (χ4v) is 2.40. The molecule has 3 N–H and O–H groups in total. The Morgan fingerprint density at radius 1 is 1.16 bits per heavy atom. The molecule has 2 aromatic rings. The maximum atomic E-state index is 12.4. The number of ether oxygens (including phenoxy) is 1. The highest BCUT2D eigenvalue weighted by Gasteiger charge is 2.15. The van der Waals surface area contributed by atoms with Gasteiger partial charge in [-0.25, -0.2) is 0 Å². The molecular weight excluding hydrogens is 320 g/mol. The molecule has 2 amide bonds. The summed E-state index contributed by atoms with van der Waals surface area (Å²) in [5.41, 5.74) is 0.369. The van der Waals surface area contributed by atoms with E-state index in [2.05, 4.69) is 10.6 Å². The Balaban J connectivity index is 2.23. The summed E-state index contributed by atoms with van der Waals surface area (Å²) in [6, 6.07) is 11.2. The second kappa shape index (κ2) is 9.03. The van der Waals surface area contributed by atoms with Crippen LogP contribution in [0.1, 0.15) is 30.6 Å². The molecule has 0 saturated heterocycles. The largest absolute Gasteiger partial charge is 0.483 e. The molecule has 6 heteroatoms. The van der Waals surface area contributed by atoms with Crippen LogP contribution in [-0.4, -0.2) is 42.7 Å². The summed E-state index contributed by atoms with van der Waals surface area (Å²) in [4.78, 5) is 24.3. The molecular formula is C19H24N2O4. The molecule has 0 radical (unpaired) electrons. The van der Waals surface area contributed by atoms with Crippen LogP contribution < -0.4 is 15.4 Å². The molecule has 6 nitrogen and oxygen atoms in total. The minimum Gasteiger partial charge on any atom is -0.483 e. The molecule has 0 aromatic heterocycles. The molecule has 0 heterocycles. The molecule has 0 bridgehead atoms. The zero-order valence-electron chi connectivity index (χ0n) is 14.5. The summed E-state index contributed by atoms with van der Waals surface area (Å²) in [5, 5.41) is 16.2. The van der Waals surface area contributed by atoms with Crippen molar-refractivity contribution in [1.82, 2.24) is 10.6 Å². The predicted octanol–water partition coefficient (Wildman–Crippen LogP) is 1.86. The van der Waals surface area contributed by atoms with Crippen LogP contribution in [0, 0.1) is 0 Å². The minimum atomic E-state index is -0.293. The molecule has 0 aliphatic heterocycles. The van der Waals surface area contributed by atoms with Gasteiger partial charge < -0.3 is 20.5 Å². The average molecular weight is 344 g/mol. The van der Waals surface area contributed by atoms with Crippen LogP contribution in [0.5, 0.6) is 5.75 Å². The van der Waals surface area contributed by atoms with Gasteiger partial charge in [0.05, 0.1) is 5.56 Å². The summed E-state index contributed by atoms with van der Waals surface area (Å²) < 4.78 is 5.61. The number of aliphatic hydroxyl groups excluding tert-OH is 1. The van der Waals surface area contributed by atoms with Crippen molar-refractivity contribution in [3.8, 4) is 5.75 Å². The van der Waals surface area contributed by atoms with Gasteiger partial charge in [-0.3, -0.25) is 9.59 Å². The van der Waals surface area contributed by atoms with Crippen LogP contribution in [0.15, 0.2) is 36.4 Å². The van der Waals surface area contributed by atoms with Crippen molar-refractivity contribution in [2.24, 2.45) is 0 Å². The standard InChI is InChI=1S/C19H24N2O4/c1-13(2)21-18(23)12-25-17-11-15-7-4-3-6-14(15)10-16(17)19(24)20-8-5-9-22/h3-4,6-7,10-11,13,22H,5,8-9,12H2,1-2H3,(H,20,24)(H,21,23). The number of carbonyl (C=O) groups is 2. The Hall–Kier alpha value is -2.60. The third-order valence-electron chi connectivity index (χ3n) is 3.52.